The van der Waals surface area contributed by atoms with Gasteiger partial charge >= 0.3 is 0 Å². The van der Waals surface area contributed by atoms with Crippen molar-refractivity contribution in [3.8, 4) is 22.9 Å². The normalized spacial score (nSPS) is 15.9. The molecule has 4 N–H and O–H groups in total. The maximum Gasteiger partial charge on any atom is 0.226 e. The Morgan fingerprint density at radius 3 is 2.43 bits per heavy atom. The minimum absolute atomic E-state index is 0.0169. The minimum atomic E-state index is -3.77. The molecule has 1 aliphatic heterocycles. The van der Waals surface area contributed by atoms with Crippen LogP contribution in [0.15, 0.2) is 57.9 Å². The van der Waals surface area contributed by atoms with Gasteiger partial charge in [-0.1, -0.05) is 44.2 Å². The molecular formula is C31H44N4O6S. The molecule has 0 spiro atoms. The third-order valence-corrected chi connectivity index (χ3v) is 9.78. The van der Waals surface area contributed by atoms with Crippen molar-refractivity contribution in [3.05, 3.63) is 54.4 Å². The molecule has 2 aromatic carbocycles. The Hall–Kier alpha value is -2.99. The standard InChI is InChI=1S/C31H44N4O6S/c1-2-3-4-5-6-7-8-29-34-30(35-41-29)23-9-15-28(16-10-23)42(38,39)31(24-17-19-32-20-18-24)33-21-26(37)22-40-27-13-11-25(36)12-14-27/h9-16,24,26,31-33,36-37H,2-8,17-22H2,1H3/t26-,31?/m0/s1. The van der Waals surface area contributed by atoms with Crippen LogP contribution in [-0.4, -0.2) is 66.5 Å². The van der Waals surface area contributed by atoms with Crippen LogP contribution in [-0.2, 0) is 16.3 Å². The van der Waals surface area contributed by atoms with Crippen LogP contribution in [0.2, 0.25) is 0 Å². The second kappa shape index (κ2) is 16.0. The van der Waals surface area contributed by atoms with Gasteiger partial charge < -0.3 is 24.8 Å². The number of nitrogens with zero attached hydrogens (tertiary/aromatic N) is 2. The first kappa shape index (κ1) is 31.9. The Kier molecular flexibility index (Phi) is 12.2. The number of piperidine rings is 1. The van der Waals surface area contributed by atoms with Gasteiger partial charge in [-0.2, -0.15) is 4.98 Å². The molecule has 0 saturated carbocycles. The number of aryl methyl sites for hydroxylation is 1. The Bertz CT molecular complexity index is 1310. The molecule has 230 valence electrons. The molecule has 0 radical (unpaired) electrons. The van der Waals surface area contributed by atoms with E-state index in [0.29, 0.717) is 35.9 Å². The molecule has 0 aliphatic carbocycles. The Balaban J connectivity index is 1.37. The minimum Gasteiger partial charge on any atom is -0.508 e. The second-order valence-corrected chi connectivity index (χ2v) is 13.0. The van der Waals surface area contributed by atoms with Crippen LogP contribution in [0, 0.1) is 5.92 Å². The van der Waals surface area contributed by atoms with E-state index >= 15 is 0 Å². The molecule has 10 nitrogen and oxygen atoms in total. The zero-order valence-corrected chi connectivity index (χ0v) is 25.2. The average Bonchev–Trinajstić information content (AvgIpc) is 3.48. The summed E-state index contributed by atoms with van der Waals surface area (Å²) in [5.41, 5.74) is 0.695. The highest BCUT2D eigenvalue weighted by atomic mass is 32.2. The van der Waals surface area contributed by atoms with Crippen molar-refractivity contribution in [2.75, 3.05) is 26.2 Å². The van der Waals surface area contributed by atoms with Gasteiger partial charge in [-0.15, -0.1) is 0 Å². The summed E-state index contributed by atoms with van der Waals surface area (Å²) in [7, 11) is -3.77. The second-order valence-electron chi connectivity index (χ2n) is 11.0. The monoisotopic (exact) mass is 600 g/mol. The number of sulfone groups is 1. The lowest BCUT2D eigenvalue weighted by atomic mass is 9.98. The van der Waals surface area contributed by atoms with Gasteiger partial charge in [0.05, 0.1) is 4.90 Å². The summed E-state index contributed by atoms with van der Waals surface area (Å²) in [6.07, 6.45) is 8.33. The molecule has 2 atom stereocenters. The first-order valence-electron chi connectivity index (χ1n) is 15.1. The topological polar surface area (TPSA) is 147 Å². The van der Waals surface area contributed by atoms with E-state index < -0.39 is 21.3 Å². The summed E-state index contributed by atoms with van der Waals surface area (Å²) in [4.78, 5) is 4.71. The molecule has 2 heterocycles. The largest absolute Gasteiger partial charge is 0.508 e. The molecular weight excluding hydrogens is 556 g/mol. The number of aliphatic hydroxyl groups is 1. The van der Waals surface area contributed by atoms with E-state index in [1.54, 1.807) is 36.4 Å². The summed E-state index contributed by atoms with van der Waals surface area (Å²) in [6, 6.07) is 12.8. The van der Waals surface area contributed by atoms with Gasteiger partial charge in [0.25, 0.3) is 0 Å². The Morgan fingerprint density at radius 1 is 1.02 bits per heavy atom. The molecule has 4 rings (SSSR count). The first-order chi connectivity index (χ1) is 20.4. The zero-order chi connectivity index (χ0) is 29.8. The van der Waals surface area contributed by atoms with Gasteiger partial charge in [0.2, 0.25) is 11.7 Å². The third kappa shape index (κ3) is 9.26. The first-order valence-corrected chi connectivity index (χ1v) is 16.6. The fourth-order valence-electron chi connectivity index (χ4n) is 5.19. The maximum atomic E-state index is 13.9. The third-order valence-electron chi connectivity index (χ3n) is 7.63. The van der Waals surface area contributed by atoms with Gasteiger partial charge in [0, 0.05) is 18.5 Å². The van der Waals surface area contributed by atoms with Gasteiger partial charge in [-0.05, 0) is 86.8 Å². The number of unbranched alkanes of at least 4 members (excludes halogenated alkanes) is 5. The van der Waals surface area contributed by atoms with Crippen molar-refractivity contribution in [3.63, 3.8) is 0 Å². The molecule has 1 fully saturated rings. The van der Waals surface area contributed by atoms with Crippen LogP contribution in [0.1, 0.15) is 64.2 Å². The highest BCUT2D eigenvalue weighted by molar-refractivity contribution is 7.92. The number of aromatic hydroxyl groups is 1. The number of benzene rings is 2. The predicted molar refractivity (Wildman–Crippen MR) is 161 cm³/mol. The number of phenols is 1. The summed E-state index contributed by atoms with van der Waals surface area (Å²) in [6.45, 7) is 3.72. The van der Waals surface area contributed by atoms with Crippen molar-refractivity contribution >= 4 is 9.84 Å². The molecule has 1 unspecified atom stereocenters. The zero-order valence-electron chi connectivity index (χ0n) is 24.4. The Morgan fingerprint density at radius 2 is 1.71 bits per heavy atom. The number of rotatable bonds is 17. The predicted octanol–water partition coefficient (Wildman–Crippen LogP) is 4.47. The highest BCUT2D eigenvalue weighted by Gasteiger charge is 2.35. The van der Waals surface area contributed by atoms with Crippen LogP contribution in [0.3, 0.4) is 0 Å². The van der Waals surface area contributed by atoms with Crippen molar-refractivity contribution in [2.45, 2.75) is 81.1 Å². The molecule has 1 saturated heterocycles. The fraction of sp³-hybridized carbons (Fsp3) is 0.548. The summed E-state index contributed by atoms with van der Waals surface area (Å²) >= 11 is 0. The molecule has 1 aliphatic rings. The van der Waals surface area contributed by atoms with Crippen LogP contribution < -0.4 is 15.4 Å². The maximum absolute atomic E-state index is 13.9. The lowest BCUT2D eigenvalue weighted by Crippen LogP contribution is -2.49. The van der Waals surface area contributed by atoms with Crippen molar-refractivity contribution in [1.82, 2.24) is 20.8 Å². The summed E-state index contributed by atoms with van der Waals surface area (Å²) in [5.74, 6) is 1.57. The van der Waals surface area contributed by atoms with E-state index in [9.17, 15) is 18.6 Å². The molecule has 1 aromatic heterocycles. The number of nitrogens with one attached hydrogen (secondary N) is 2. The van der Waals surface area contributed by atoms with E-state index in [0.717, 1.165) is 32.4 Å². The van der Waals surface area contributed by atoms with E-state index in [1.165, 1.54) is 37.8 Å². The molecule has 0 bridgehead atoms. The van der Waals surface area contributed by atoms with Gasteiger partial charge in [0.1, 0.15) is 29.6 Å². The fourth-order valence-corrected chi connectivity index (χ4v) is 7.10. The smallest absolute Gasteiger partial charge is 0.226 e. The van der Waals surface area contributed by atoms with Gasteiger partial charge in [-0.25, -0.2) is 8.42 Å². The molecule has 42 heavy (non-hydrogen) atoms. The van der Waals surface area contributed by atoms with Crippen LogP contribution in [0.5, 0.6) is 11.5 Å². The number of aromatic nitrogens is 2. The summed E-state index contributed by atoms with van der Waals surface area (Å²) < 4.78 is 38.7. The number of hydrogen-bond donors (Lipinski definition) is 4. The van der Waals surface area contributed by atoms with Crippen molar-refractivity contribution in [1.29, 1.82) is 0 Å². The van der Waals surface area contributed by atoms with Gasteiger partial charge in [0.15, 0.2) is 9.84 Å². The highest BCUT2D eigenvalue weighted by Crippen LogP contribution is 2.28. The molecule has 3 aromatic rings. The lowest BCUT2D eigenvalue weighted by Gasteiger charge is -2.31. The average molecular weight is 601 g/mol. The van der Waals surface area contributed by atoms with Crippen LogP contribution in [0.25, 0.3) is 11.4 Å². The number of phenolic OH excluding ortho intramolecular Hbond substituents is 1. The molecule has 11 heteroatoms. The van der Waals surface area contributed by atoms with E-state index in [4.69, 9.17) is 9.26 Å². The van der Waals surface area contributed by atoms with E-state index in [-0.39, 0.29) is 29.7 Å². The number of aliphatic hydroxyl groups excluding tert-OH is 1. The Labute approximate surface area is 248 Å². The van der Waals surface area contributed by atoms with Gasteiger partial charge in [-0.3, -0.25) is 5.32 Å². The van der Waals surface area contributed by atoms with Crippen LogP contribution >= 0.6 is 0 Å². The quantitative estimate of drug-likeness (QED) is 0.164. The number of ether oxygens (including phenoxy) is 1. The van der Waals surface area contributed by atoms with Crippen molar-refractivity contribution < 1.29 is 27.9 Å². The molecule has 0 amide bonds. The lowest BCUT2D eigenvalue weighted by molar-refractivity contribution is 0.103. The van der Waals surface area contributed by atoms with E-state index in [1.807, 2.05) is 0 Å². The van der Waals surface area contributed by atoms with Crippen molar-refractivity contribution in [2.24, 2.45) is 5.92 Å². The van der Waals surface area contributed by atoms with E-state index in [2.05, 4.69) is 27.7 Å². The van der Waals surface area contributed by atoms with Crippen LogP contribution in [0.4, 0.5) is 0 Å². The number of hydrogen-bond acceptors (Lipinski definition) is 10. The summed E-state index contributed by atoms with van der Waals surface area (Å²) in [5, 5.41) is 29.6. The SMILES string of the molecule is CCCCCCCCc1nc(-c2ccc(S(=O)(=O)C(NC[C@H](O)COc3ccc(O)cc3)C3CCNCC3)cc2)no1.